The van der Waals surface area contributed by atoms with Crippen LogP contribution in [0, 0.1) is 11.3 Å². The van der Waals surface area contributed by atoms with Gasteiger partial charge in [0.1, 0.15) is 5.82 Å². The Labute approximate surface area is 184 Å². The standard InChI is InChI=1S/C26H28N4O/c1-4-17-10-12-19(13-11-17)24-21(16-27)26(28)30(29(2)3)22-14-20(15-23(31)25(22)24)18-8-6-5-7-9-18/h5-13,20,24H,4,14-15,28H2,1-3H3. The van der Waals surface area contributed by atoms with Crippen molar-refractivity contribution in [3.63, 3.8) is 0 Å². The summed E-state index contributed by atoms with van der Waals surface area (Å²) in [5.74, 6) is 0.157. The van der Waals surface area contributed by atoms with Crippen molar-refractivity contribution in [3.05, 3.63) is 94.0 Å². The number of hydrogen-bond donors (Lipinski definition) is 1. The Morgan fingerprint density at radius 1 is 1.06 bits per heavy atom. The minimum atomic E-state index is -0.425. The van der Waals surface area contributed by atoms with Gasteiger partial charge in [0.05, 0.1) is 17.6 Å². The van der Waals surface area contributed by atoms with Crippen molar-refractivity contribution >= 4 is 5.78 Å². The number of carbonyl (C=O) groups is 1. The van der Waals surface area contributed by atoms with E-state index >= 15 is 0 Å². The normalized spacial score (nSPS) is 21.4. The summed E-state index contributed by atoms with van der Waals surface area (Å²) in [4.78, 5) is 13.6. The van der Waals surface area contributed by atoms with Gasteiger partial charge in [-0.2, -0.15) is 5.26 Å². The first kappa shape index (κ1) is 20.9. The molecule has 0 fully saturated rings. The average molecular weight is 413 g/mol. The number of ketones is 1. The van der Waals surface area contributed by atoms with E-state index in [1.54, 1.807) is 0 Å². The van der Waals surface area contributed by atoms with Crippen molar-refractivity contribution in [1.29, 1.82) is 5.26 Å². The molecule has 4 rings (SSSR count). The van der Waals surface area contributed by atoms with Gasteiger partial charge in [-0.1, -0.05) is 61.5 Å². The highest BCUT2D eigenvalue weighted by atomic mass is 16.1. The van der Waals surface area contributed by atoms with Crippen LogP contribution in [0.25, 0.3) is 0 Å². The van der Waals surface area contributed by atoms with Gasteiger partial charge >= 0.3 is 0 Å². The van der Waals surface area contributed by atoms with Gasteiger partial charge < -0.3 is 5.73 Å². The van der Waals surface area contributed by atoms with E-state index in [1.165, 1.54) is 5.56 Å². The molecule has 31 heavy (non-hydrogen) atoms. The van der Waals surface area contributed by atoms with Crippen molar-refractivity contribution in [3.8, 4) is 6.07 Å². The van der Waals surface area contributed by atoms with E-state index in [1.807, 2.05) is 54.4 Å². The Balaban J connectivity index is 1.87. The summed E-state index contributed by atoms with van der Waals surface area (Å²) in [7, 11) is 3.78. The highest BCUT2D eigenvalue weighted by molar-refractivity contribution is 6.00. The van der Waals surface area contributed by atoms with Crippen LogP contribution in [0.3, 0.4) is 0 Å². The molecule has 2 aliphatic rings. The molecule has 1 aliphatic heterocycles. The van der Waals surface area contributed by atoms with Gasteiger partial charge in [-0.3, -0.25) is 9.80 Å². The lowest BCUT2D eigenvalue weighted by molar-refractivity contribution is -0.117. The molecule has 2 unspecified atom stereocenters. The Morgan fingerprint density at radius 3 is 2.32 bits per heavy atom. The first-order valence-electron chi connectivity index (χ1n) is 10.7. The third-order valence-electron chi connectivity index (χ3n) is 6.33. The summed E-state index contributed by atoms with van der Waals surface area (Å²) in [5, 5.41) is 13.7. The fraction of sp³-hybridized carbons (Fsp3) is 0.308. The maximum atomic E-state index is 13.6. The van der Waals surface area contributed by atoms with E-state index in [2.05, 4.69) is 37.3 Å². The van der Waals surface area contributed by atoms with Gasteiger partial charge in [0, 0.05) is 31.8 Å². The molecule has 2 atom stereocenters. The molecule has 5 nitrogen and oxygen atoms in total. The van der Waals surface area contributed by atoms with E-state index < -0.39 is 5.92 Å². The molecule has 2 N–H and O–H groups in total. The fourth-order valence-corrected chi connectivity index (χ4v) is 4.81. The summed E-state index contributed by atoms with van der Waals surface area (Å²) < 4.78 is 0. The van der Waals surface area contributed by atoms with Crippen LogP contribution in [0.2, 0.25) is 0 Å². The van der Waals surface area contributed by atoms with Gasteiger partial charge in [-0.05, 0) is 35.4 Å². The van der Waals surface area contributed by atoms with Crippen LogP contribution in [0.1, 0.15) is 48.3 Å². The Bertz CT molecular complexity index is 1090. The third-order valence-corrected chi connectivity index (χ3v) is 6.33. The second-order valence-electron chi connectivity index (χ2n) is 8.40. The summed E-state index contributed by atoms with van der Waals surface area (Å²) >= 11 is 0. The van der Waals surface area contributed by atoms with Crippen molar-refractivity contribution < 1.29 is 4.79 Å². The number of nitrogens with zero attached hydrogens (tertiary/aromatic N) is 3. The lowest BCUT2D eigenvalue weighted by atomic mass is 9.72. The van der Waals surface area contributed by atoms with Gasteiger partial charge in [-0.25, -0.2) is 5.01 Å². The summed E-state index contributed by atoms with van der Waals surface area (Å²) in [5.41, 5.74) is 11.9. The van der Waals surface area contributed by atoms with Crippen molar-refractivity contribution in [2.75, 3.05) is 14.1 Å². The summed E-state index contributed by atoms with van der Waals surface area (Å²) in [6.07, 6.45) is 2.08. The van der Waals surface area contributed by atoms with Crippen LogP contribution < -0.4 is 5.73 Å². The Morgan fingerprint density at radius 2 is 1.74 bits per heavy atom. The molecule has 1 aliphatic carbocycles. The predicted octanol–water partition coefficient (Wildman–Crippen LogP) is 4.22. The molecule has 1 heterocycles. The second kappa shape index (κ2) is 8.41. The average Bonchev–Trinajstić information content (AvgIpc) is 2.78. The van der Waals surface area contributed by atoms with Crippen LogP contribution in [0.5, 0.6) is 0 Å². The monoisotopic (exact) mass is 412 g/mol. The largest absolute Gasteiger partial charge is 0.383 e. The first-order valence-corrected chi connectivity index (χ1v) is 10.7. The number of hydrogen-bond acceptors (Lipinski definition) is 5. The number of rotatable bonds is 4. The number of allylic oxidation sites excluding steroid dienone is 3. The predicted molar refractivity (Wildman–Crippen MR) is 121 cm³/mol. The number of carbonyl (C=O) groups excluding carboxylic acids is 1. The maximum absolute atomic E-state index is 13.6. The maximum Gasteiger partial charge on any atom is 0.162 e. The number of hydrazine groups is 1. The molecule has 158 valence electrons. The molecule has 0 saturated carbocycles. The molecule has 0 aromatic heterocycles. The van der Waals surface area contributed by atoms with Gasteiger partial charge in [0.25, 0.3) is 0 Å². The molecule has 2 aromatic carbocycles. The molecule has 2 aromatic rings. The van der Waals surface area contributed by atoms with Crippen molar-refractivity contribution in [1.82, 2.24) is 10.0 Å². The summed E-state index contributed by atoms with van der Waals surface area (Å²) in [6, 6.07) is 20.7. The molecular formula is C26H28N4O. The fourth-order valence-electron chi connectivity index (χ4n) is 4.81. The molecule has 0 amide bonds. The number of nitriles is 1. The topological polar surface area (TPSA) is 73.4 Å². The van der Waals surface area contributed by atoms with E-state index in [0.29, 0.717) is 29.8 Å². The third kappa shape index (κ3) is 3.64. The number of aryl methyl sites for hydroxylation is 1. The van der Waals surface area contributed by atoms with Crippen LogP contribution in [0.15, 0.2) is 77.3 Å². The zero-order valence-electron chi connectivity index (χ0n) is 18.3. The SMILES string of the molecule is CCc1ccc(C2C(C#N)=C(N)N(N(C)C)C3=C2C(=O)CC(c2ccccc2)C3)cc1. The van der Waals surface area contributed by atoms with E-state index in [0.717, 1.165) is 23.2 Å². The van der Waals surface area contributed by atoms with Crippen LogP contribution in [-0.4, -0.2) is 29.9 Å². The lowest BCUT2D eigenvalue weighted by Crippen LogP contribution is -2.46. The minimum absolute atomic E-state index is 0.0896. The zero-order valence-corrected chi connectivity index (χ0v) is 18.3. The number of Topliss-reactive ketones (excluding diaryl/α,β-unsaturated/α-hetero) is 1. The molecule has 5 heteroatoms. The quantitative estimate of drug-likeness (QED) is 0.814. The smallest absolute Gasteiger partial charge is 0.162 e. The van der Waals surface area contributed by atoms with Crippen LogP contribution in [-0.2, 0) is 11.2 Å². The summed E-state index contributed by atoms with van der Waals surface area (Å²) in [6.45, 7) is 2.11. The number of benzene rings is 2. The zero-order chi connectivity index (χ0) is 22.1. The molecule has 0 saturated heterocycles. The lowest BCUT2D eigenvalue weighted by Gasteiger charge is -2.43. The van der Waals surface area contributed by atoms with Gasteiger partial charge in [-0.15, -0.1) is 0 Å². The van der Waals surface area contributed by atoms with Crippen molar-refractivity contribution in [2.24, 2.45) is 5.73 Å². The van der Waals surface area contributed by atoms with E-state index in [4.69, 9.17) is 5.73 Å². The van der Waals surface area contributed by atoms with Crippen LogP contribution >= 0.6 is 0 Å². The molecule has 0 spiro atoms. The Hall–Kier alpha value is -3.36. The highest BCUT2D eigenvalue weighted by Crippen LogP contribution is 2.48. The molecule has 0 radical (unpaired) electrons. The second-order valence-corrected chi connectivity index (χ2v) is 8.40. The number of nitrogens with two attached hydrogens (primary N) is 1. The highest BCUT2D eigenvalue weighted by Gasteiger charge is 2.43. The van der Waals surface area contributed by atoms with E-state index in [9.17, 15) is 10.1 Å². The van der Waals surface area contributed by atoms with E-state index in [-0.39, 0.29) is 11.7 Å². The van der Waals surface area contributed by atoms with Crippen molar-refractivity contribution in [2.45, 2.75) is 38.0 Å². The first-order chi connectivity index (χ1) is 15.0. The Kier molecular flexibility index (Phi) is 5.67. The van der Waals surface area contributed by atoms with Gasteiger partial charge in [0.2, 0.25) is 0 Å². The molecule has 0 bridgehead atoms. The minimum Gasteiger partial charge on any atom is -0.383 e. The van der Waals surface area contributed by atoms with Gasteiger partial charge in [0.15, 0.2) is 5.78 Å². The van der Waals surface area contributed by atoms with Crippen LogP contribution in [0.4, 0.5) is 0 Å². The molecular weight excluding hydrogens is 384 g/mol.